The standard InChI is InChI=1S/C35H54N6O8S/c1-27(42)36-14-6-5-9-31(38-29-10-12-30(13-11-29)50(46,47)41-19-23-49-24-20-41)35(45)39-32(25-28-7-3-2-4-8-28)33(43)26-34(44)37-15-16-40-17-21-48-22-18-40/h10-13,28,31-33,38,43H,2-4,7-9,14-26H2,1H3,(H,36,42)(H,37,44)(H,39,45)/t31-,32-,33-/m0/s1. The lowest BCUT2D eigenvalue weighted by molar-refractivity contribution is -0.127. The van der Waals surface area contributed by atoms with Gasteiger partial charge in [0, 0.05) is 58.3 Å². The van der Waals surface area contributed by atoms with Gasteiger partial charge in [0.2, 0.25) is 27.7 Å². The van der Waals surface area contributed by atoms with Gasteiger partial charge in [0.15, 0.2) is 0 Å². The second kappa shape index (κ2) is 20.6. The molecule has 0 aromatic heterocycles. The van der Waals surface area contributed by atoms with Gasteiger partial charge in [-0.15, -0.1) is 0 Å². The van der Waals surface area contributed by atoms with Gasteiger partial charge < -0.3 is 35.8 Å². The van der Waals surface area contributed by atoms with Crippen LogP contribution in [0, 0.1) is 17.8 Å². The second-order valence-corrected chi connectivity index (χ2v) is 15.1. The van der Waals surface area contributed by atoms with E-state index in [9.17, 15) is 27.9 Å². The minimum Gasteiger partial charge on any atom is -0.390 e. The van der Waals surface area contributed by atoms with Crippen molar-refractivity contribution in [2.24, 2.45) is 5.92 Å². The number of hydrogen-bond acceptors (Lipinski definition) is 10. The minimum absolute atomic E-state index is 0.0769. The van der Waals surface area contributed by atoms with Crippen molar-refractivity contribution >= 4 is 33.4 Å². The van der Waals surface area contributed by atoms with Gasteiger partial charge in [0.1, 0.15) is 6.04 Å². The molecule has 2 aliphatic heterocycles. The van der Waals surface area contributed by atoms with Crippen LogP contribution >= 0.6 is 0 Å². The first-order chi connectivity index (χ1) is 24.1. The molecule has 278 valence electrons. The van der Waals surface area contributed by atoms with E-state index in [0.29, 0.717) is 57.5 Å². The predicted molar refractivity (Wildman–Crippen MR) is 189 cm³/mol. The van der Waals surface area contributed by atoms with Gasteiger partial charge in [-0.1, -0.05) is 43.9 Å². The Morgan fingerprint density at radius 1 is 0.940 bits per heavy atom. The first-order valence-electron chi connectivity index (χ1n) is 17.8. The van der Waals surface area contributed by atoms with Crippen LogP contribution in [0.25, 0.3) is 0 Å². The van der Waals surface area contributed by atoms with Crippen molar-refractivity contribution in [3.8, 4) is 11.8 Å². The van der Waals surface area contributed by atoms with E-state index in [0.717, 1.165) is 45.2 Å². The topological polar surface area (TPSA) is 179 Å². The second-order valence-electron chi connectivity index (χ2n) is 13.1. The van der Waals surface area contributed by atoms with Crippen molar-refractivity contribution in [2.75, 3.05) is 77.6 Å². The van der Waals surface area contributed by atoms with Crippen LogP contribution < -0.4 is 21.3 Å². The quantitative estimate of drug-likeness (QED) is 0.153. The third kappa shape index (κ3) is 13.1. The molecule has 4 rings (SSSR count). The third-order valence-electron chi connectivity index (χ3n) is 9.33. The molecule has 0 bridgehead atoms. The Morgan fingerprint density at radius 2 is 1.60 bits per heavy atom. The Kier molecular flexibility index (Phi) is 16.2. The van der Waals surface area contributed by atoms with Crippen LogP contribution in [-0.4, -0.2) is 131 Å². The maximum Gasteiger partial charge on any atom is 0.243 e. The van der Waals surface area contributed by atoms with E-state index in [-0.39, 0.29) is 49.2 Å². The van der Waals surface area contributed by atoms with Crippen LogP contribution in [0.2, 0.25) is 0 Å². The lowest BCUT2D eigenvalue weighted by Crippen LogP contribution is -2.51. The van der Waals surface area contributed by atoms with Gasteiger partial charge >= 0.3 is 0 Å². The maximum atomic E-state index is 13.9. The first kappa shape index (κ1) is 39.5. The Morgan fingerprint density at radius 3 is 2.26 bits per heavy atom. The van der Waals surface area contributed by atoms with Crippen molar-refractivity contribution < 1.29 is 37.4 Å². The fourth-order valence-electron chi connectivity index (χ4n) is 6.44. The third-order valence-corrected chi connectivity index (χ3v) is 11.2. The maximum absolute atomic E-state index is 13.9. The predicted octanol–water partition coefficient (Wildman–Crippen LogP) is 0.672. The monoisotopic (exact) mass is 718 g/mol. The summed E-state index contributed by atoms with van der Waals surface area (Å²) in [6, 6.07) is 4.68. The summed E-state index contributed by atoms with van der Waals surface area (Å²) in [6.07, 6.45) is 4.73. The van der Waals surface area contributed by atoms with E-state index in [1.165, 1.54) is 23.4 Å². The van der Waals surface area contributed by atoms with Gasteiger partial charge in [-0.05, 0) is 36.6 Å². The average molecular weight is 719 g/mol. The lowest BCUT2D eigenvalue weighted by Gasteiger charge is -2.31. The van der Waals surface area contributed by atoms with Crippen molar-refractivity contribution in [3.63, 3.8) is 0 Å². The smallest absolute Gasteiger partial charge is 0.243 e. The van der Waals surface area contributed by atoms with Crippen LogP contribution in [0.3, 0.4) is 0 Å². The summed E-state index contributed by atoms with van der Waals surface area (Å²) in [5.74, 6) is 5.21. The SMILES string of the molecule is CC(=O)NCC#CC[C@H](Nc1ccc(S(=O)(=O)N2CCOCC2)cc1)C(=O)N[C@@H](CC1CCCCC1)[C@@H](O)CC(=O)NCCN1CCOCC1. The van der Waals surface area contributed by atoms with Crippen LogP contribution in [0.15, 0.2) is 29.2 Å². The molecule has 1 aromatic carbocycles. The molecule has 2 saturated heterocycles. The normalized spacial score (nSPS) is 19.6. The Hall–Kier alpha value is -3.26. The Bertz CT molecular complexity index is 1400. The van der Waals surface area contributed by atoms with Gasteiger partial charge in [-0.25, -0.2) is 8.42 Å². The fourth-order valence-corrected chi connectivity index (χ4v) is 7.84. The van der Waals surface area contributed by atoms with Gasteiger partial charge in [-0.2, -0.15) is 4.31 Å². The highest BCUT2D eigenvalue weighted by Gasteiger charge is 2.31. The fraction of sp³-hybridized carbons (Fsp3) is 0.686. The van der Waals surface area contributed by atoms with Gasteiger partial charge in [0.05, 0.1) is 56.4 Å². The summed E-state index contributed by atoms with van der Waals surface area (Å²) < 4.78 is 38.3. The molecule has 1 aromatic rings. The molecular weight excluding hydrogens is 664 g/mol. The number of carbonyl (C=O) groups excluding carboxylic acids is 3. The van der Waals surface area contributed by atoms with Crippen molar-refractivity contribution in [1.29, 1.82) is 0 Å². The van der Waals surface area contributed by atoms with Crippen molar-refractivity contribution in [3.05, 3.63) is 24.3 Å². The highest BCUT2D eigenvalue weighted by Crippen LogP contribution is 2.28. The van der Waals surface area contributed by atoms with E-state index in [2.05, 4.69) is 38.0 Å². The highest BCUT2D eigenvalue weighted by molar-refractivity contribution is 7.89. The van der Waals surface area contributed by atoms with Crippen LogP contribution in [0.4, 0.5) is 5.69 Å². The Labute approximate surface area is 296 Å². The number of hydrogen-bond donors (Lipinski definition) is 5. The summed E-state index contributed by atoms with van der Waals surface area (Å²) in [5.41, 5.74) is 0.513. The zero-order chi connectivity index (χ0) is 35.8. The molecule has 50 heavy (non-hydrogen) atoms. The molecule has 3 fully saturated rings. The number of morpholine rings is 2. The zero-order valence-electron chi connectivity index (χ0n) is 29.2. The Balaban J connectivity index is 1.43. The lowest BCUT2D eigenvalue weighted by atomic mass is 9.83. The number of ether oxygens (including phenoxy) is 2. The molecule has 3 aliphatic rings. The molecule has 5 N–H and O–H groups in total. The molecule has 1 saturated carbocycles. The molecule has 2 heterocycles. The molecule has 3 atom stereocenters. The number of carbonyl (C=O) groups is 3. The number of sulfonamides is 1. The zero-order valence-corrected chi connectivity index (χ0v) is 30.0. The molecule has 0 unspecified atom stereocenters. The van der Waals surface area contributed by atoms with E-state index >= 15 is 0 Å². The van der Waals surface area contributed by atoms with E-state index in [1.807, 2.05) is 0 Å². The molecule has 15 heteroatoms. The minimum atomic E-state index is -3.69. The molecule has 14 nitrogen and oxygen atoms in total. The van der Waals surface area contributed by atoms with E-state index in [1.54, 1.807) is 12.1 Å². The number of aliphatic hydroxyl groups is 1. The van der Waals surface area contributed by atoms with E-state index < -0.39 is 34.1 Å². The molecule has 1 aliphatic carbocycles. The number of benzene rings is 1. The van der Waals surface area contributed by atoms with Crippen LogP contribution in [0.5, 0.6) is 0 Å². The molecule has 3 amide bonds. The van der Waals surface area contributed by atoms with Crippen molar-refractivity contribution in [2.45, 2.75) is 81.4 Å². The summed E-state index contributed by atoms with van der Waals surface area (Å²) in [5, 5.41) is 23.1. The summed E-state index contributed by atoms with van der Waals surface area (Å²) in [6.45, 7) is 6.91. The molecule has 0 radical (unpaired) electrons. The van der Waals surface area contributed by atoms with Gasteiger partial charge in [0.25, 0.3) is 0 Å². The van der Waals surface area contributed by atoms with Gasteiger partial charge in [-0.3, -0.25) is 19.3 Å². The van der Waals surface area contributed by atoms with E-state index in [4.69, 9.17) is 9.47 Å². The number of nitrogens with one attached hydrogen (secondary N) is 4. The number of anilines is 1. The summed E-state index contributed by atoms with van der Waals surface area (Å²) in [4.78, 5) is 40.4. The summed E-state index contributed by atoms with van der Waals surface area (Å²) in [7, 11) is -3.69. The summed E-state index contributed by atoms with van der Waals surface area (Å²) >= 11 is 0. The first-order valence-corrected chi connectivity index (χ1v) is 19.3. The van der Waals surface area contributed by atoms with Crippen LogP contribution in [0.1, 0.15) is 58.3 Å². The largest absolute Gasteiger partial charge is 0.390 e. The number of aliphatic hydroxyl groups excluding tert-OH is 1. The van der Waals surface area contributed by atoms with Crippen LogP contribution in [-0.2, 0) is 33.9 Å². The highest BCUT2D eigenvalue weighted by atomic mass is 32.2. The van der Waals surface area contributed by atoms with Crippen molar-refractivity contribution in [1.82, 2.24) is 25.2 Å². The molecular formula is C35H54N6O8S. The average Bonchev–Trinajstić information content (AvgIpc) is 3.12. The number of nitrogens with zero attached hydrogens (tertiary/aromatic N) is 2. The molecule has 0 spiro atoms. The number of amides is 3. The number of rotatable bonds is 16.